The molecule has 0 heterocycles. The van der Waals surface area contributed by atoms with E-state index in [2.05, 4.69) is 24.0 Å². The molecular weight excluding hydrogens is 342 g/mol. The van der Waals surface area contributed by atoms with Crippen molar-refractivity contribution in [3.05, 3.63) is 54.6 Å². The Kier molecular flexibility index (Phi) is 8.49. The van der Waals surface area contributed by atoms with Crippen LogP contribution in [0.15, 0.2) is 54.6 Å². The van der Waals surface area contributed by atoms with Crippen LogP contribution in [-0.4, -0.2) is 32.0 Å². The molecular formula is C22H29NO4. The van der Waals surface area contributed by atoms with Crippen molar-refractivity contribution < 1.29 is 19.0 Å². The highest BCUT2D eigenvalue weighted by atomic mass is 16.7. The van der Waals surface area contributed by atoms with Crippen LogP contribution in [0.25, 0.3) is 0 Å². The number of hydrogen-bond acceptors (Lipinski definition) is 5. The van der Waals surface area contributed by atoms with Crippen molar-refractivity contribution in [1.29, 1.82) is 0 Å². The number of unbranched alkanes of at least 4 members (excludes halogenated alkanes) is 1. The van der Waals surface area contributed by atoms with Crippen molar-refractivity contribution in [3.8, 4) is 11.5 Å². The molecule has 2 rings (SSSR count). The van der Waals surface area contributed by atoms with Crippen molar-refractivity contribution in [1.82, 2.24) is 0 Å². The molecule has 0 aromatic heterocycles. The predicted octanol–water partition coefficient (Wildman–Crippen LogP) is 5.30. The Morgan fingerprint density at radius 2 is 1.63 bits per heavy atom. The molecule has 2 aromatic rings. The Balaban J connectivity index is 1.87. The Hall–Kier alpha value is -2.69. The van der Waals surface area contributed by atoms with Crippen molar-refractivity contribution in [3.63, 3.8) is 0 Å². The van der Waals surface area contributed by atoms with E-state index in [0.29, 0.717) is 18.0 Å². The molecule has 0 saturated heterocycles. The van der Waals surface area contributed by atoms with Crippen molar-refractivity contribution in [2.45, 2.75) is 39.7 Å². The lowest BCUT2D eigenvalue weighted by Crippen LogP contribution is -2.29. The number of ether oxygens (including phenoxy) is 3. The number of carbonyl (C=O) groups excluding carboxylic acids is 1. The molecule has 0 aliphatic carbocycles. The predicted molar refractivity (Wildman–Crippen MR) is 108 cm³/mol. The van der Waals surface area contributed by atoms with E-state index in [1.54, 1.807) is 18.2 Å². The van der Waals surface area contributed by atoms with Crippen LogP contribution in [0.5, 0.6) is 11.5 Å². The molecule has 5 nitrogen and oxygen atoms in total. The van der Waals surface area contributed by atoms with Crippen molar-refractivity contribution in [2.75, 3.05) is 24.6 Å². The van der Waals surface area contributed by atoms with Gasteiger partial charge in [0.15, 0.2) is 11.5 Å². The first-order chi connectivity index (χ1) is 13.1. The summed E-state index contributed by atoms with van der Waals surface area (Å²) in [6.45, 7) is 7.79. The standard InChI is InChI=1S/C22H29NO4/c1-4-5-15-23(19-11-7-6-8-12-19)16-17-25-22(24)27-21-14-10-9-13-20(21)26-18(2)3/h6-14,18H,4-5,15-17H2,1-3H3. The van der Waals surface area contributed by atoms with Crippen LogP contribution in [0.4, 0.5) is 10.5 Å². The van der Waals surface area contributed by atoms with E-state index < -0.39 is 6.16 Å². The summed E-state index contributed by atoms with van der Waals surface area (Å²) < 4.78 is 16.2. The fraction of sp³-hybridized carbons (Fsp3) is 0.409. The van der Waals surface area contributed by atoms with Gasteiger partial charge in [0.05, 0.1) is 12.6 Å². The largest absolute Gasteiger partial charge is 0.514 e. The van der Waals surface area contributed by atoms with Gasteiger partial charge in [0.2, 0.25) is 0 Å². The summed E-state index contributed by atoms with van der Waals surface area (Å²) in [5.74, 6) is 0.889. The first-order valence-electron chi connectivity index (χ1n) is 9.50. The lowest BCUT2D eigenvalue weighted by Gasteiger charge is -2.24. The maximum Gasteiger partial charge on any atom is 0.514 e. The maximum atomic E-state index is 12.1. The monoisotopic (exact) mass is 371 g/mol. The van der Waals surface area contributed by atoms with Gasteiger partial charge in [-0.25, -0.2) is 4.79 Å². The van der Waals surface area contributed by atoms with E-state index in [1.165, 1.54) is 0 Å². The number of anilines is 1. The van der Waals surface area contributed by atoms with Crippen LogP contribution in [0.1, 0.15) is 33.6 Å². The third-order valence-electron chi connectivity index (χ3n) is 3.89. The van der Waals surface area contributed by atoms with Crippen molar-refractivity contribution in [2.24, 2.45) is 0 Å². The third kappa shape index (κ3) is 7.21. The van der Waals surface area contributed by atoms with Gasteiger partial charge in [-0.05, 0) is 44.5 Å². The van der Waals surface area contributed by atoms with Crippen LogP contribution in [-0.2, 0) is 4.74 Å². The molecule has 0 fully saturated rings. The number of nitrogens with zero attached hydrogens (tertiary/aromatic N) is 1. The quantitative estimate of drug-likeness (QED) is 0.419. The van der Waals surface area contributed by atoms with E-state index >= 15 is 0 Å². The minimum absolute atomic E-state index is 0.0104. The maximum absolute atomic E-state index is 12.1. The lowest BCUT2D eigenvalue weighted by molar-refractivity contribution is 0.0989. The van der Waals surface area contributed by atoms with Gasteiger partial charge in [-0.15, -0.1) is 0 Å². The molecule has 0 spiro atoms. The molecule has 5 heteroatoms. The highest BCUT2D eigenvalue weighted by Crippen LogP contribution is 2.27. The molecule has 27 heavy (non-hydrogen) atoms. The van der Waals surface area contributed by atoms with Gasteiger partial charge in [0.1, 0.15) is 6.61 Å². The van der Waals surface area contributed by atoms with Gasteiger partial charge in [0.25, 0.3) is 0 Å². The van der Waals surface area contributed by atoms with Gasteiger partial charge in [-0.3, -0.25) is 0 Å². The van der Waals surface area contributed by atoms with Crippen LogP contribution >= 0.6 is 0 Å². The summed E-state index contributed by atoms with van der Waals surface area (Å²) in [5.41, 5.74) is 1.12. The molecule has 0 radical (unpaired) electrons. The molecule has 0 unspecified atom stereocenters. The van der Waals surface area contributed by atoms with E-state index in [1.807, 2.05) is 38.1 Å². The van der Waals surface area contributed by atoms with E-state index in [-0.39, 0.29) is 12.7 Å². The van der Waals surface area contributed by atoms with Gasteiger partial charge < -0.3 is 19.1 Å². The lowest BCUT2D eigenvalue weighted by atomic mass is 10.2. The summed E-state index contributed by atoms with van der Waals surface area (Å²) >= 11 is 0. The smallest absolute Gasteiger partial charge is 0.487 e. The Bertz CT molecular complexity index is 688. The average molecular weight is 371 g/mol. The summed E-state index contributed by atoms with van der Waals surface area (Å²) in [6.07, 6.45) is 1.46. The average Bonchev–Trinajstić information content (AvgIpc) is 2.66. The summed E-state index contributed by atoms with van der Waals surface area (Å²) in [7, 11) is 0. The van der Waals surface area contributed by atoms with E-state index in [9.17, 15) is 4.79 Å². The minimum atomic E-state index is -0.724. The van der Waals surface area contributed by atoms with Crippen LogP contribution < -0.4 is 14.4 Å². The number of carbonyl (C=O) groups is 1. The number of rotatable bonds is 10. The molecule has 0 aliphatic rings. The van der Waals surface area contributed by atoms with Gasteiger partial charge in [0, 0.05) is 12.2 Å². The first kappa shape index (κ1) is 20.6. The molecule has 0 amide bonds. The Morgan fingerprint density at radius 3 is 2.30 bits per heavy atom. The number of benzene rings is 2. The van der Waals surface area contributed by atoms with Crippen molar-refractivity contribution >= 4 is 11.8 Å². The molecule has 0 saturated carbocycles. The van der Waals surface area contributed by atoms with Crippen LogP contribution in [0, 0.1) is 0 Å². The zero-order chi connectivity index (χ0) is 19.5. The Morgan fingerprint density at radius 1 is 0.963 bits per heavy atom. The zero-order valence-corrected chi connectivity index (χ0v) is 16.4. The third-order valence-corrected chi connectivity index (χ3v) is 3.89. The molecule has 0 atom stereocenters. The normalized spacial score (nSPS) is 10.5. The van der Waals surface area contributed by atoms with Gasteiger partial charge in [-0.1, -0.05) is 43.7 Å². The molecule has 0 bridgehead atoms. The highest BCUT2D eigenvalue weighted by molar-refractivity contribution is 5.65. The van der Waals surface area contributed by atoms with Gasteiger partial charge in [-0.2, -0.15) is 0 Å². The fourth-order valence-corrected chi connectivity index (χ4v) is 2.60. The molecule has 146 valence electrons. The summed E-state index contributed by atoms with van der Waals surface area (Å²) in [6, 6.07) is 17.2. The minimum Gasteiger partial charge on any atom is -0.487 e. The molecule has 0 N–H and O–H groups in total. The second kappa shape index (κ2) is 11.1. The highest BCUT2D eigenvalue weighted by Gasteiger charge is 2.13. The Labute approximate surface area is 161 Å². The fourth-order valence-electron chi connectivity index (χ4n) is 2.60. The summed E-state index contributed by atoms with van der Waals surface area (Å²) in [5, 5.41) is 0. The van der Waals surface area contributed by atoms with Gasteiger partial charge >= 0.3 is 6.16 Å². The van der Waals surface area contributed by atoms with E-state index in [4.69, 9.17) is 14.2 Å². The first-order valence-corrected chi connectivity index (χ1v) is 9.50. The zero-order valence-electron chi connectivity index (χ0n) is 16.4. The van der Waals surface area contributed by atoms with E-state index in [0.717, 1.165) is 25.1 Å². The van der Waals surface area contributed by atoms with Crippen LogP contribution in [0.3, 0.4) is 0 Å². The second-order valence-corrected chi connectivity index (χ2v) is 6.49. The number of hydrogen-bond donors (Lipinski definition) is 0. The second-order valence-electron chi connectivity index (χ2n) is 6.49. The van der Waals surface area contributed by atoms with Crippen LogP contribution in [0.2, 0.25) is 0 Å². The molecule has 2 aromatic carbocycles. The summed E-state index contributed by atoms with van der Waals surface area (Å²) in [4.78, 5) is 14.3. The number of para-hydroxylation sites is 3. The SMILES string of the molecule is CCCCN(CCOC(=O)Oc1ccccc1OC(C)C)c1ccccc1. The topological polar surface area (TPSA) is 48.0 Å². The molecule has 0 aliphatic heterocycles.